The average Bonchev–Trinajstić information content (AvgIpc) is 2.25. The van der Waals surface area contributed by atoms with Crippen molar-refractivity contribution >= 4 is 33.4 Å². The molecule has 0 aliphatic heterocycles. The third-order valence-corrected chi connectivity index (χ3v) is 4.46. The highest BCUT2D eigenvalue weighted by Crippen LogP contribution is 2.35. The van der Waals surface area contributed by atoms with Crippen LogP contribution in [0.15, 0.2) is 56.7 Å². The zero-order valence-electron chi connectivity index (χ0n) is 8.91. The number of hydrogen-bond donors (Lipinski definition) is 1. The summed E-state index contributed by atoms with van der Waals surface area (Å²) in [7, 11) is 0. The van der Waals surface area contributed by atoms with Gasteiger partial charge in [-0.1, -0.05) is 23.9 Å². The van der Waals surface area contributed by atoms with Gasteiger partial charge in [0.25, 0.3) is 0 Å². The predicted octanol–water partition coefficient (Wildman–Crippen LogP) is 4.49. The average molecular weight is 294 g/mol. The molecule has 0 saturated heterocycles. The third-order valence-electron chi connectivity index (χ3n) is 2.26. The van der Waals surface area contributed by atoms with Gasteiger partial charge in [0, 0.05) is 20.0 Å². The molecule has 0 aromatic heterocycles. The quantitative estimate of drug-likeness (QED) is 0.826. The highest BCUT2D eigenvalue weighted by Gasteiger charge is 2.04. The fraction of sp³-hybridized carbons (Fsp3) is 0.0769. The number of aryl methyl sites for hydroxylation is 1. The van der Waals surface area contributed by atoms with Crippen LogP contribution in [0.2, 0.25) is 0 Å². The van der Waals surface area contributed by atoms with Crippen LogP contribution in [0.4, 0.5) is 5.69 Å². The molecule has 0 bridgehead atoms. The molecular weight excluding hydrogens is 282 g/mol. The van der Waals surface area contributed by atoms with Gasteiger partial charge in [-0.25, -0.2) is 0 Å². The minimum absolute atomic E-state index is 0.814. The first-order valence-electron chi connectivity index (χ1n) is 4.95. The monoisotopic (exact) mass is 293 g/mol. The molecule has 3 heteroatoms. The van der Waals surface area contributed by atoms with Gasteiger partial charge in [0.05, 0.1) is 0 Å². The predicted molar refractivity (Wildman–Crippen MR) is 73.9 cm³/mol. The molecule has 0 fully saturated rings. The van der Waals surface area contributed by atoms with Gasteiger partial charge in [-0.2, -0.15) is 0 Å². The number of benzene rings is 2. The summed E-state index contributed by atoms with van der Waals surface area (Å²) in [4.78, 5) is 2.46. The van der Waals surface area contributed by atoms with Crippen molar-refractivity contribution in [3.05, 3.63) is 52.5 Å². The Morgan fingerprint density at radius 1 is 1.06 bits per heavy atom. The summed E-state index contributed by atoms with van der Waals surface area (Å²) in [5, 5.41) is 0. The second kappa shape index (κ2) is 4.93. The van der Waals surface area contributed by atoms with E-state index in [0.717, 1.165) is 10.2 Å². The number of halogens is 1. The van der Waals surface area contributed by atoms with Gasteiger partial charge in [-0.15, -0.1) is 0 Å². The van der Waals surface area contributed by atoms with Crippen molar-refractivity contribution in [2.75, 3.05) is 5.73 Å². The molecule has 0 aliphatic carbocycles. The number of rotatable bonds is 2. The van der Waals surface area contributed by atoms with E-state index < -0.39 is 0 Å². The van der Waals surface area contributed by atoms with E-state index in [2.05, 4.69) is 41.1 Å². The van der Waals surface area contributed by atoms with E-state index >= 15 is 0 Å². The molecular formula is C13H12BrNS. The van der Waals surface area contributed by atoms with Crippen LogP contribution in [0, 0.1) is 6.92 Å². The normalized spacial score (nSPS) is 10.4. The van der Waals surface area contributed by atoms with Gasteiger partial charge in [-0.3, -0.25) is 0 Å². The molecule has 0 atom stereocenters. The van der Waals surface area contributed by atoms with Crippen molar-refractivity contribution in [2.24, 2.45) is 0 Å². The molecule has 0 spiro atoms. The van der Waals surface area contributed by atoms with Crippen LogP contribution in [0.3, 0.4) is 0 Å². The maximum Gasteiger partial charge on any atom is 0.0317 e. The molecule has 0 amide bonds. The maximum absolute atomic E-state index is 5.73. The van der Waals surface area contributed by atoms with Crippen molar-refractivity contribution in [3.8, 4) is 0 Å². The largest absolute Gasteiger partial charge is 0.399 e. The van der Waals surface area contributed by atoms with Gasteiger partial charge >= 0.3 is 0 Å². The molecule has 16 heavy (non-hydrogen) atoms. The fourth-order valence-corrected chi connectivity index (χ4v) is 2.87. The molecule has 82 valence electrons. The lowest BCUT2D eigenvalue weighted by atomic mass is 10.2. The van der Waals surface area contributed by atoms with Crippen molar-refractivity contribution < 1.29 is 0 Å². The van der Waals surface area contributed by atoms with E-state index in [1.807, 2.05) is 24.3 Å². The van der Waals surface area contributed by atoms with Crippen molar-refractivity contribution in [1.82, 2.24) is 0 Å². The Bertz CT molecular complexity index is 511. The summed E-state index contributed by atoms with van der Waals surface area (Å²) in [5.41, 5.74) is 7.76. The standard InChI is InChI=1S/C13H12BrNS/c1-9-8-10(15)6-7-12(9)16-13-5-3-2-4-11(13)14/h2-8H,15H2,1H3. The van der Waals surface area contributed by atoms with Crippen molar-refractivity contribution in [1.29, 1.82) is 0 Å². The van der Waals surface area contributed by atoms with Crippen LogP contribution < -0.4 is 5.73 Å². The minimum atomic E-state index is 0.814. The summed E-state index contributed by atoms with van der Waals surface area (Å²) in [6.07, 6.45) is 0. The number of anilines is 1. The molecule has 1 nitrogen and oxygen atoms in total. The van der Waals surface area contributed by atoms with Crippen molar-refractivity contribution in [2.45, 2.75) is 16.7 Å². The summed E-state index contributed by atoms with van der Waals surface area (Å²) in [6.45, 7) is 2.08. The van der Waals surface area contributed by atoms with E-state index in [4.69, 9.17) is 5.73 Å². The molecule has 2 aromatic rings. The lowest BCUT2D eigenvalue weighted by molar-refractivity contribution is 1.29. The zero-order chi connectivity index (χ0) is 11.5. The Morgan fingerprint density at radius 3 is 2.50 bits per heavy atom. The summed E-state index contributed by atoms with van der Waals surface area (Å²) in [5.74, 6) is 0. The first-order valence-corrected chi connectivity index (χ1v) is 6.56. The van der Waals surface area contributed by atoms with Crippen LogP contribution in [0.1, 0.15) is 5.56 Å². The Balaban J connectivity index is 2.31. The first kappa shape index (κ1) is 11.6. The zero-order valence-corrected chi connectivity index (χ0v) is 11.3. The first-order chi connectivity index (χ1) is 7.66. The van der Waals surface area contributed by atoms with Gasteiger partial charge in [-0.05, 0) is 58.7 Å². The van der Waals surface area contributed by atoms with Crippen LogP contribution in [-0.2, 0) is 0 Å². The summed E-state index contributed by atoms with van der Waals surface area (Å²) >= 11 is 5.29. The maximum atomic E-state index is 5.73. The highest BCUT2D eigenvalue weighted by atomic mass is 79.9. The smallest absolute Gasteiger partial charge is 0.0317 e. The highest BCUT2D eigenvalue weighted by molar-refractivity contribution is 9.10. The minimum Gasteiger partial charge on any atom is -0.399 e. The van der Waals surface area contributed by atoms with Crippen LogP contribution >= 0.6 is 27.7 Å². The van der Waals surface area contributed by atoms with Crippen LogP contribution in [0.25, 0.3) is 0 Å². The molecule has 0 heterocycles. The molecule has 2 N–H and O–H groups in total. The Kier molecular flexibility index (Phi) is 3.56. The molecule has 0 aliphatic rings. The lowest BCUT2D eigenvalue weighted by Crippen LogP contribution is -1.87. The number of hydrogen-bond acceptors (Lipinski definition) is 2. The number of nitrogen functional groups attached to an aromatic ring is 1. The second-order valence-electron chi connectivity index (χ2n) is 3.56. The topological polar surface area (TPSA) is 26.0 Å². The van der Waals surface area contributed by atoms with Gasteiger partial charge in [0.1, 0.15) is 0 Å². The Morgan fingerprint density at radius 2 is 1.81 bits per heavy atom. The van der Waals surface area contributed by atoms with E-state index in [0.29, 0.717) is 0 Å². The van der Waals surface area contributed by atoms with E-state index in [9.17, 15) is 0 Å². The molecule has 0 radical (unpaired) electrons. The third kappa shape index (κ3) is 2.60. The Hall–Kier alpha value is -0.930. The van der Waals surface area contributed by atoms with Gasteiger partial charge in [0.15, 0.2) is 0 Å². The molecule has 0 unspecified atom stereocenters. The van der Waals surface area contributed by atoms with E-state index in [1.165, 1.54) is 15.4 Å². The SMILES string of the molecule is Cc1cc(N)ccc1Sc1ccccc1Br. The van der Waals surface area contributed by atoms with Crippen LogP contribution in [0.5, 0.6) is 0 Å². The van der Waals surface area contributed by atoms with Gasteiger partial charge in [0.2, 0.25) is 0 Å². The molecule has 0 saturated carbocycles. The number of nitrogens with two attached hydrogens (primary N) is 1. The van der Waals surface area contributed by atoms with Gasteiger partial charge < -0.3 is 5.73 Å². The van der Waals surface area contributed by atoms with E-state index in [-0.39, 0.29) is 0 Å². The molecule has 2 rings (SSSR count). The van der Waals surface area contributed by atoms with Crippen molar-refractivity contribution in [3.63, 3.8) is 0 Å². The second-order valence-corrected chi connectivity index (χ2v) is 5.50. The fourth-order valence-electron chi connectivity index (χ4n) is 1.43. The molecule has 2 aromatic carbocycles. The van der Waals surface area contributed by atoms with E-state index in [1.54, 1.807) is 11.8 Å². The summed E-state index contributed by atoms with van der Waals surface area (Å²) in [6, 6.07) is 14.2. The lowest BCUT2D eigenvalue weighted by Gasteiger charge is -2.07. The van der Waals surface area contributed by atoms with Crippen LogP contribution in [-0.4, -0.2) is 0 Å². The summed E-state index contributed by atoms with van der Waals surface area (Å²) < 4.78 is 1.12. The Labute approximate surface area is 108 Å².